The second-order valence-electron chi connectivity index (χ2n) is 5.22. The van der Waals surface area contributed by atoms with Crippen molar-refractivity contribution in [2.45, 2.75) is 31.1 Å². The van der Waals surface area contributed by atoms with Crippen LogP contribution in [0.3, 0.4) is 0 Å². The highest BCUT2D eigenvalue weighted by Crippen LogP contribution is 2.29. The number of fused-ring (bicyclic) bond motifs is 2. The molecule has 4 heterocycles. The Morgan fingerprint density at radius 2 is 2.19 bits per heavy atom. The quantitative estimate of drug-likeness (QED) is 0.871. The number of nitrogens with zero attached hydrogens (tertiary/aromatic N) is 5. The Morgan fingerprint density at radius 3 is 3.10 bits per heavy atom. The summed E-state index contributed by atoms with van der Waals surface area (Å²) < 4.78 is 1.82. The first kappa shape index (κ1) is 12.6. The molecule has 4 rings (SSSR count). The van der Waals surface area contributed by atoms with Gasteiger partial charge in [0.1, 0.15) is 6.54 Å². The minimum Gasteiger partial charge on any atom is -0.368 e. The largest absolute Gasteiger partial charge is 0.368 e. The molecule has 7 nitrogen and oxygen atoms in total. The van der Waals surface area contributed by atoms with Crippen LogP contribution in [-0.2, 0) is 35.9 Å². The van der Waals surface area contributed by atoms with Gasteiger partial charge in [0.25, 0.3) is 0 Å². The van der Waals surface area contributed by atoms with E-state index in [1.54, 1.807) is 11.1 Å². The van der Waals surface area contributed by atoms with Crippen molar-refractivity contribution in [3.8, 4) is 0 Å². The van der Waals surface area contributed by atoms with Gasteiger partial charge in [0, 0.05) is 35.4 Å². The Hall–Kier alpha value is -2.09. The molecular formula is C13H14N6OS. The molecule has 0 unspecified atom stereocenters. The zero-order valence-corrected chi connectivity index (χ0v) is 12.1. The number of hydrogen-bond acceptors (Lipinski definition) is 6. The monoisotopic (exact) mass is 302 g/mol. The maximum absolute atomic E-state index is 12.4. The number of thioether (sulfide) groups is 1. The number of carbonyl (C=O) groups is 1. The van der Waals surface area contributed by atoms with Crippen LogP contribution in [0, 0.1) is 0 Å². The lowest BCUT2D eigenvalue weighted by atomic mass is 10.3. The molecule has 0 saturated carbocycles. The van der Waals surface area contributed by atoms with Gasteiger partial charge in [-0.3, -0.25) is 9.48 Å². The number of rotatable bonds is 2. The standard InChI is InChI=1S/C13H14N6OS/c14-13-15-1-8-3-18(4-10(8)17-13)12(20)5-19-11-7-21-6-9(11)2-16-19/h1-2H,3-7H2,(H2,14,15,17). The van der Waals surface area contributed by atoms with E-state index in [1.807, 2.05) is 22.6 Å². The van der Waals surface area contributed by atoms with E-state index in [2.05, 4.69) is 15.1 Å². The van der Waals surface area contributed by atoms with Crippen LogP contribution in [-0.4, -0.2) is 30.6 Å². The lowest BCUT2D eigenvalue weighted by molar-refractivity contribution is -0.132. The summed E-state index contributed by atoms with van der Waals surface area (Å²) in [5, 5.41) is 4.32. The predicted molar refractivity (Wildman–Crippen MR) is 77.9 cm³/mol. The van der Waals surface area contributed by atoms with Crippen molar-refractivity contribution in [3.05, 3.63) is 34.9 Å². The summed E-state index contributed by atoms with van der Waals surface area (Å²) in [7, 11) is 0. The van der Waals surface area contributed by atoms with Crippen LogP contribution in [0.15, 0.2) is 12.4 Å². The van der Waals surface area contributed by atoms with Gasteiger partial charge < -0.3 is 10.6 Å². The topological polar surface area (TPSA) is 89.9 Å². The minimum atomic E-state index is 0.0503. The summed E-state index contributed by atoms with van der Waals surface area (Å²) in [5.41, 5.74) is 9.82. The normalized spacial score (nSPS) is 16.1. The number of anilines is 1. The molecule has 0 aromatic carbocycles. The third-order valence-corrected chi connectivity index (χ3v) is 4.84. The fourth-order valence-electron chi connectivity index (χ4n) is 2.70. The summed E-state index contributed by atoms with van der Waals surface area (Å²) in [6, 6.07) is 0. The Bertz CT molecular complexity index is 727. The molecule has 8 heteroatoms. The highest BCUT2D eigenvalue weighted by molar-refractivity contribution is 7.98. The van der Waals surface area contributed by atoms with Crippen LogP contribution in [0.4, 0.5) is 5.95 Å². The molecule has 0 atom stereocenters. The smallest absolute Gasteiger partial charge is 0.244 e. The van der Waals surface area contributed by atoms with Gasteiger partial charge in [0.05, 0.1) is 24.1 Å². The number of hydrogen-bond donors (Lipinski definition) is 1. The number of aromatic nitrogens is 4. The van der Waals surface area contributed by atoms with Crippen LogP contribution in [0.2, 0.25) is 0 Å². The fourth-order valence-corrected chi connectivity index (χ4v) is 3.80. The van der Waals surface area contributed by atoms with E-state index in [-0.39, 0.29) is 18.4 Å². The second kappa shape index (κ2) is 4.73. The van der Waals surface area contributed by atoms with Crippen molar-refractivity contribution < 1.29 is 4.79 Å². The van der Waals surface area contributed by atoms with Crippen LogP contribution >= 0.6 is 11.8 Å². The van der Waals surface area contributed by atoms with E-state index in [0.29, 0.717) is 13.1 Å². The van der Waals surface area contributed by atoms with Gasteiger partial charge >= 0.3 is 0 Å². The molecular weight excluding hydrogens is 288 g/mol. The number of nitrogen functional groups attached to an aromatic ring is 1. The zero-order chi connectivity index (χ0) is 14.4. The molecule has 0 radical (unpaired) electrons. The highest BCUT2D eigenvalue weighted by Gasteiger charge is 2.26. The average Bonchev–Trinajstić information content (AvgIpc) is 3.14. The van der Waals surface area contributed by atoms with E-state index in [0.717, 1.165) is 22.8 Å². The van der Waals surface area contributed by atoms with Crippen LogP contribution in [0.5, 0.6) is 0 Å². The van der Waals surface area contributed by atoms with E-state index in [1.165, 1.54) is 11.3 Å². The number of carbonyl (C=O) groups excluding carboxylic acids is 1. The Labute approximate surface area is 125 Å². The van der Waals surface area contributed by atoms with Gasteiger partial charge in [-0.1, -0.05) is 0 Å². The maximum atomic E-state index is 12.4. The maximum Gasteiger partial charge on any atom is 0.244 e. The molecule has 2 N–H and O–H groups in total. The molecule has 0 spiro atoms. The van der Waals surface area contributed by atoms with Crippen molar-refractivity contribution in [3.63, 3.8) is 0 Å². The lowest BCUT2D eigenvalue weighted by Crippen LogP contribution is -2.30. The molecule has 0 fully saturated rings. The van der Waals surface area contributed by atoms with Gasteiger partial charge in [-0.25, -0.2) is 9.97 Å². The van der Waals surface area contributed by atoms with Crippen molar-refractivity contribution >= 4 is 23.6 Å². The molecule has 108 valence electrons. The molecule has 1 amide bonds. The fraction of sp³-hybridized carbons (Fsp3) is 0.385. The van der Waals surface area contributed by atoms with Gasteiger partial charge in [-0.05, 0) is 0 Å². The van der Waals surface area contributed by atoms with Crippen LogP contribution < -0.4 is 5.73 Å². The molecule has 0 bridgehead atoms. The highest BCUT2D eigenvalue weighted by atomic mass is 32.2. The first-order valence-corrected chi connectivity index (χ1v) is 7.85. The van der Waals surface area contributed by atoms with Crippen molar-refractivity contribution in [2.24, 2.45) is 0 Å². The van der Waals surface area contributed by atoms with E-state index in [9.17, 15) is 4.79 Å². The molecule has 21 heavy (non-hydrogen) atoms. The molecule has 0 saturated heterocycles. The predicted octanol–water partition coefficient (Wildman–Crippen LogP) is 0.545. The van der Waals surface area contributed by atoms with Crippen molar-refractivity contribution in [1.82, 2.24) is 24.6 Å². The Balaban J connectivity index is 1.49. The molecule has 2 aromatic rings. The van der Waals surface area contributed by atoms with Crippen molar-refractivity contribution in [2.75, 3.05) is 5.73 Å². The van der Waals surface area contributed by atoms with E-state index < -0.39 is 0 Å². The van der Waals surface area contributed by atoms with Crippen LogP contribution in [0.1, 0.15) is 22.5 Å². The minimum absolute atomic E-state index is 0.0503. The lowest BCUT2D eigenvalue weighted by Gasteiger charge is -2.15. The second-order valence-corrected chi connectivity index (χ2v) is 6.20. The average molecular weight is 302 g/mol. The van der Waals surface area contributed by atoms with Crippen molar-refractivity contribution in [1.29, 1.82) is 0 Å². The number of amides is 1. The molecule has 2 aliphatic rings. The van der Waals surface area contributed by atoms with Crippen LogP contribution in [0.25, 0.3) is 0 Å². The first-order valence-electron chi connectivity index (χ1n) is 6.70. The zero-order valence-electron chi connectivity index (χ0n) is 11.3. The third kappa shape index (κ3) is 2.15. The molecule has 2 aliphatic heterocycles. The Kier molecular flexibility index (Phi) is 2.85. The summed E-state index contributed by atoms with van der Waals surface area (Å²) >= 11 is 1.86. The SMILES string of the molecule is Nc1ncc2c(n1)CN(C(=O)Cn1ncc3c1CSC3)C2. The summed E-state index contributed by atoms with van der Waals surface area (Å²) in [4.78, 5) is 22.4. The number of nitrogens with two attached hydrogens (primary N) is 1. The van der Waals surface area contributed by atoms with Gasteiger partial charge in [-0.2, -0.15) is 16.9 Å². The summed E-state index contributed by atoms with van der Waals surface area (Å²) in [6.07, 6.45) is 3.57. The third-order valence-electron chi connectivity index (χ3n) is 3.84. The molecule has 0 aliphatic carbocycles. The molecule has 2 aromatic heterocycles. The summed E-state index contributed by atoms with van der Waals surface area (Å²) in [5.74, 6) is 2.23. The van der Waals surface area contributed by atoms with E-state index in [4.69, 9.17) is 5.73 Å². The Morgan fingerprint density at radius 1 is 1.29 bits per heavy atom. The first-order chi connectivity index (χ1) is 10.2. The summed E-state index contributed by atoms with van der Waals surface area (Å²) in [6.45, 7) is 1.33. The van der Waals surface area contributed by atoms with Gasteiger partial charge in [-0.15, -0.1) is 0 Å². The van der Waals surface area contributed by atoms with Gasteiger partial charge in [0.2, 0.25) is 11.9 Å². The van der Waals surface area contributed by atoms with E-state index >= 15 is 0 Å². The van der Waals surface area contributed by atoms with Gasteiger partial charge in [0.15, 0.2) is 0 Å².